The molecule has 0 radical (unpaired) electrons. The Morgan fingerprint density at radius 2 is 2.04 bits per heavy atom. The number of unbranched alkanes of at least 4 members (excludes halogenated alkanes) is 1. The molecule has 0 aliphatic carbocycles. The Hall–Kier alpha value is -2.22. The minimum Gasteiger partial charge on any atom is -0.385 e. The number of ether oxygens (including phenoxy) is 1. The van der Waals surface area contributed by atoms with E-state index in [0.717, 1.165) is 18.9 Å². The average Bonchev–Trinajstić information content (AvgIpc) is 2.54. The van der Waals surface area contributed by atoms with E-state index in [2.05, 4.69) is 20.3 Å². The highest BCUT2D eigenvalue weighted by Crippen LogP contribution is 2.30. The second-order valence-corrected chi connectivity index (χ2v) is 4.83. The Bertz CT molecular complexity index is 620. The average molecular weight is 326 g/mol. The number of rotatable bonds is 7. The van der Waals surface area contributed by atoms with Crippen LogP contribution in [0, 0.1) is 0 Å². The Kier molecular flexibility index (Phi) is 5.86. The molecule has 2 aromatic heterocycles. The van der Waals surface area contributed by atoms with Crippen molar-refractivity contribution in [1.82, 2.24) is 15.0 Å². The van der Waals surface area contributed by atoms with Gasteiger partial charge in [0.05, 0.1) is 0 Å². The highest BCUT2D eigenvalue weighted by atomic mass is 19.4. The van der Waals surface area contributed by atoms with E-state index in [-0.39, 0.29) is 11.6 Å². The van der Waals surface area contributed by atoms with Crippen molar-refractivity contribution in [3.63, 3.8) is 0 Å². The van der Waals surface area contributed by atoms with Crippen molar-refractivity contribution >= 4 is 5.82 Å². The van der Waals surface area contributed by atoms with E-state index < -0.39 is 11.9 Å². The van der Waals surface area contributed by atoms with E-state index in [1.54, 1.807) is 19.2 Å². The molecule has 2 heterocycles. The molecule has 0 atom stereocenters. The number of pyridine rings is 1. The first-order valence-electron chi connectivity index (χ1n) is 7.10. The van der Waals surface area contributed by atoms with Crippen LogP contribution in [0.4, 0.5) is 19.0 Å². The first-order chi connectivity index (χ1) is 11.0. The molecule has 0 aromatic carbocycles. The van der Waals surface area contributed by atoms with Gasteiger partial charge in [0.2, 0.25) is 0 Å². The van der Waals surface area contributed by atoms with Crippen molar-refractivity contribution in [2.24, 2.45) is 0 Å². The van der Waals surface area contributed by atoms with Crippen molar-refractivity contribution in [3.8, 4) is 11.4 Å². The molecule has 0 aliphatic rings. The van der Waals surface area contributed by atoms with Crippen LogP contribution >= 0.6 is 0 Å². The van der Waals surface area contributed by atoms with E-state index in [9.17, 15) is 13.2 Å². The Labute approximate surface area is 131 Å². The van der Waals surface area contributed by atoms with Gasteiger partial charge < -0.3 is 10.1 Å². The summed E-state index contributed by atoms with van der Waals surface area (Å²) in [4.78, 5) is 11.6. The summed E-state index contributed by atoms with van der Waals surface area (Å²) in [6.45, 7) is 1.12. The maximum absolute atomic E-state index is 13.0. The van der Waals surface area contributed by atoms with Crippen LogP contribution < -0.4 is 5.32 Å². The van der Waals surface area contributed by atoms with Crippen LogP contribution in [-0.4, -0.2) is 35.2 Å². The standard InChI is InChI=1S/C15H17F3N4O/c1-23-8-3-2-7-20-13-9-12(15(16,17)18)21-14(22-13)11-5-4-6-19-10-11/h4-6,9-10H,2-3,7-8H2,1H3,(H,20,21,22). The fourth-order valence-corrected chi connectivity index (χ4v) is 1.90. The van der Waals surface area contributed by atoms with Crippen molar-refractivity contribution in [1.29, 1.82) is 0 Å². The van der Waals surface area contributed by atoms with Gasteiger partial charge in [-0.1, -0.05) is 0 Å². The van der Waals surface area contributed by atoms with Crippen molar-refractivity contribution in [2.45, 2.75) is 19.0 Å². The number of halogens is 3. The molecule has 2 rings (SSSR count). The lowest BCUT2D eigenvalue weighted by atomic mass is 10.2. The van der Waals surface area contributed by atoms with Gasteiger partial charge in [0.25, 0.3) is 0 Å². The first-order valence-corrected chi connectivity index (χ1v) is 7.10. The van der Waals surface area contributed by atoms with Gasteiger partial charge >= 0.3 is 6.18 Å². The lowest BCUT2D eigenvalue weighted by Gasteiger charge is -2.12. The summed E-state index contributed by atoms with van der Waals surface area (Å²) in [5.74, 6) is 0.135. The second kappa shape index (κ2) is 7.87. The normalized spacial score (nSPS) is 11.5. The molecular weight excluding hydrogens is 309 g/mol. The van der Waals surface area contributed by atoms with Gasteiger partial charge in [0.1, 0.15) is 5.82 Å². The topological polar surface area (TPSA) is 59.9 Å². The van der Waals surface area contributed by atoms with Gasteiger partial charge in [0.15, 0.2) is 11.5 Å². The quantitative estimate of drug-likeness (QED) is 0.790. The molecule has 0 saturated carbocycles. The third-order valence-electron chi connectivity index (χ3n) is 3.02. The van der Waals surface area contributed by atoms with Crippen LogP contribution in [0.3, 0.4) is 0 Å². The number of anilines is 1. The van der Waals surface area contributed by atoms with Crippen LogP contribution in [0.1, 0.15) is 18.5 Å². The van der Waals surface area contributed by atoms with E-state index >= 15 is 0 Å². The van der Waals surface area contributed by atoms with Gasteiger partial charge in [-0.2, -0.15) is 13.2 Å². The monoisotopic (exact) mass is 326 g/mol. The number of alkyl halides is 3. The molecule has 5 nitrogen and oxygen atoms in total. The number of hydrogen-bond acceptors (Lipinski definition) is 5. The smallest absolute Gasteiger partial charge is 0.385 e. The molecule has 23 heavy (non-hydrogen) atoms. The molecular formula is C15H17F3N4O. The van der Waals surface area contributed by atoms with Crippen LogP contribution in [0.5, 0.6) is 0 Å². The highest BCUT2D eigenvalue weighted by Gasteiger charge is 2.33. The van der Waals surface area contributed by atoms with E-state index in [0.29, 0.717) is 18.7 Å². The fourth-order valence-electron chi connectivity index (χ4n) is 1.90. The van der Waals surface area contributed by atoms with Gasteiger partial charge in [-0.3, -0.25) is 4.98 Å². The highest BCUT2D eigenvalue weighted by molar-refractivity contribution is 5.56. The number of nitrogens with one attached hydrogen (secondary N) is 1. The van der Waals surface area contributed by atoms with Gasteiger partial charge in [0, 0.05) is 44.3 Å². The number of nitrogens with zero attached hydrogens (tertiary/aromatic N) is 3. The summed E-state index contributed by atoms with van der Waals surface area (Å²) in [5.41, 5.74) is -0.549. The summed E-state index contributed by atoms with van der Waals surface area (Å²) in [6.07, 6.45) is 0.00784. The molecule has 8 heteroatoms. The van der Waals surface area contributed by atoms with Crippen LogP contribution in [-0.2, 0) is 10.9 Å². The minimum atomic E-state index is -4.54. The maximum atomic E-state index is 13.0. The van der Waals surface area contributed by atoms with Crippen molar-refractivity contribution in [2.75, 3.05) is 25.6 Å². The molecule has 0 fully saturated rings. The fraction of sp³-hybridized carbons (Fsp3) is 0.400. The zero-order chi connectivity index (χ0) is 16.7. The van der Waals surface area contributed by atoms with Crippen LogP contribution in [0.2, 0.25) is 0 Å². The lowest BCUT2D eigenvalue weighted by molar-refractivity contribution is -0.141. The van der Waals surface area contributed by atoms with Gasteiger partial charge in [-0.05, 0) is 25.0 Å². The molecule has 124 valence electrons. The first kappa shape index (κ1) is 17.1. The van der Waals surface area contributed by atoms with E-state index in [1.807, 2.05) is 0 Å². The van der Waals surface area contributed by atoms with E-state index in [4.69, 9.17) is 4.74 Å². The summed E-state index contributed by atoms with van der Waals surface area (Å²) in [7, 11) is 1.60. The second-order valence-electron chi connectivity index (χ2n) is 4.83. The van der Waals surface area contributed by atoms with Crippen molar-refractivity contribution < 1.29 is 17.9 Å². The molecule has 0 amide bonds. The largest absolute Gasteiger partial charge is 0.433 e. The SMILES string of the molecule is COCCCCNc1cc(C(F)(F)F)nc(-c2cccnc2)n1. The molecule has 0 spiro atoms. The van der Waals surface area contributed by atoms with Gasteiger partial charge in [-0.15, -0.1) is 0 Å². The molecule has 0 unspecified atom stereocenters. The van der Waals surface area contributed by atoms with Crippen LogP contribution in [0.25, 0.3) is 11.4 Å². The number of hydrogen-bond donors (Lipinski definition) is 1. The molecule has 2 aromatic rings. The summed E-state index contributed by atoms with van der Waals surface area (Å²) < 4.78 is 43.9. The summed E-state index contributed by atoms with van der Waals surface area (Å²) >= 11 is 0. The van der Waals surface area contributed by atoms with Crippen LogP contribution in [0.15, 0.2) is 30.6 Å². The Morgan fingerprint density at radius 3 is 2.70 bits per heavy atom. The molecule has 0 aliphatic heterocycles. The zero-order valence-corrected chi connectivity index (χ0v) is 12.6. The van der Waals surface area contributed by atoms with E-state index in [1.165, 1.54) is 12.4 Å². The molecule has 0 saturated heterocycles. The predicted octanol–water partition coefficient (Wildman–Crippen LogP) is 3.40. The Morgan fingerprint density at radius 1 is 1.22 bits per heavy atom. The summed E-state index contributed by atoms with van der Waals surface area (Å²) in [5, 5.41) is 2.90. The molecule has 0 bridgehead atoms. The number of aromatic nitrogens is 3. The summed E-state index contributed by atoms with van der Waals surface area (Å²) in [6, 6.07) is 4.15. The van der Waals surface area contributed by atoms with Gasteiger partial charge in [-0.25, -0.2) is 9.97 Å². The Balaban J connectivity index is 2.20. The lowest BCUT2D eigenvalue weighted by Crippen LogP contribution is -2.12. The molecule has 1 N–H and O–H groups in total. The third-order valence-corrected chi connectivity index (χ3v) is 3.02. The third kappa shape index (κ3) is 5.17. The van der Waals surface area contributed by atoms with Crippen molar-refractivity contribution in [3.05, 3.63) is 36.3 Å². The maximum Gasteiger partial charge on any atom is 0.433 e. The number of methoxy groups -OCH3 is 1. The predicted molar refractivity (Wildman–Crippen MR) is 79.9 cm³/mol. The zero-order valence-electron chi connectivity index (χ0n) is 12.6. The minimum absolute atomic E-state index is 0.00711.